The maximum Gasteiger partial charge on any atom is 0.338 e. The molecule has 1 heterocycles. The highest BCUT2D eigenvalue weighted by atomic mass is 16.5. The Morgan fingerprint density at radius 3 is 2.33 bits per heavy atom. The summed E-state index contributed by atoms with van der Waals surface area (Å²) in [6, 6.07) is 19.4. The van der Waals surface area contributed by atoms with Gasteiger partial charge in [-0.2, -0.15) is 0 Å². The van der Waals surface area contributed by atoms with Crippen molar-refractivity contribution < 1.29 is 14.3 Å². The van der Waals surface area contributed by atoms with Crippen molar-refractivity contribution >= 4 is 11.9 Å². The van der Waals surface area contributed by atoms with Gasteiger partial charge in [-0.1, -0.05) is 61.9 Å². The Bertz CT molecular complexity index is 727. The number of hydrogen-bond donors (Lipinski definition) is 0. The molecule has 0 spiro atoms. The predicted molar refractivity (Wildman–Crippen MR) is 92.9 cm³/mol. The summed E-state index contributed by atoms with van der Waals surface area (Å²) in [5, 5.41) is 0. The number of benzene rings is 2. The molecule has 0 N–H and O–H groups in total. The van der Waals surface area contributed by atoms with Crippen LogP contribution in [0.1, 0.15) is 37.0 Å². The summed E-state index contributed by atoms with van der Waals surface area (Å²) in [4.78, 5) is 17.4. The average Bonchev–Trinajstić information content (AvgIpc) is 3.03. The van der Waals surface area contributed by atoms with Gasteiger partial charge in [-0.3, -0.25) is 0 Å². The lowest BCUT2D eigenvalue weighted by Gasteiger charge is -2.28. The molecule has 0 fully saturated rings. The number of carbonyl (C=O) groups excluding carboxylic acids is 1. The summed E-state index contributed by atoms with van der Waals surface area (Å²) >= 11 is 0. The van der Waals surface area contributed by atoms with Crippen molar-refractivity contribution in [3.8, 4) is 0 Å². The van der Waals surface area contributed by atoms with Crippen LogP contribution in [-0.2, 0) is 14.3 Å². The first-order valence-electron chi connectivity index (χ1n) is 8.16. The Morgan fingerprint density at radius 1 is 1.12 bits per heavy atom. The fourth-order valence-electron chi connectivity index (χ4n) is 3.16. The average molecular weight is 323 g/mol. The number of methoxy groups -OCH3 is 1. The Labute approximate surface area is 142 Å². The monoisotopic (exact) mass is 323 g/mol. The first-order valence-corrected chi connectivity index (χ1v) is 8.16. The van der Waals surface area contributed by atoms with Crippen LogP contribution >= 0.6 is 0 Å². The topological polar surface area (TPSA) is 47.9 Å². The Morgan fingerprint density at radius 2 is 1.75 bits per heavy atom. The van der Waals surface area contributed by atoms with E-state index in [2.05, 4.69) is 0 Å². The molecule has 4 nitrogen and oxygen atoms in total. The molecule has 0 unspecified atom stereocenters. The number of hydrogen-bond acceptors (Lipinski definition) is 4. The number of aliphatic imine (C=N–C) groups is 1. The Balaban J connectivity index is 2.10. The fourth-order valence-corrected chi connectivity index (χ4v) is 3.16. The molecule has 2 atom stereocenters. The van der Waals surface area contributed by atoms with Crippen LogP contribution in [0.3, 0.4) is 0 Å². The first kappa shape index (κ1) is 16.2. The lowest BCUT2D eigenvalue weighted by molar-refractivity contribution is -0.150. The molecule has 24 heavy (non-hydrogen) atoms. The molecule has 0 saturated heterocycles. The van der Waals surface area contributed by atoms with E-state index in [1.807, 2.05) is 67.6 Å². The number of esters is 1. The number of ether oxygens (including phenoxy) is 2. The van der Waals surface area contributed by atoms with Crippen molar-refractivity contribution in [2.75, 3.05) is 7.11 Å². The Kier molecular flexibility index (Phi) is 4.65. The van der Waals surface area contributed by atoms with Crippen LogP contribution in [0.25, 0.3) is 0 Å². The molecule has 2 aromatic carbocycles. The molecule has 1 aliphatic rings. The van der Waals surface area contributed by atoms with Gasteiger partial charge in [0.25, 0.3) is 0 Å². The standard InChI is InChI=1S/C20H21NO3/c1-3-14-20(19(22)23-2)17(15-10-6-4-7-11-15)24-18(21-20)16-12-8-5-9-13-16/h4-13,17H,3,14H2,1-2H3/t17-,20-/m0/s1. The molecule has 0 amide bonds. The number of rotatable bonds is 5. The molecule has 0 radical (unpaired) electrons. The molecule has 2 aromatic rings. The van der Waals surface area contributed by atoms with Crippen LogP contribution < -0.4 is 0 Å². The highest BCUT2D eigenvalue weighted by Gasteiger charge is 2.53. The van der Waals surface area contributed by atoms with Crippen LogP contribution in [0, 0.1) is 0 Å². The van der Waals surface area contributed by atoms with Gasteiger partial charge in [-0.15, -0.1) is 0 Å². The second-order valence-corrected chi connectivity index (χ2v) is 5.86. The maximum absolute atomic E-state index is 12.7. The van der Waals surface area contributed by atoms with E-state index in [0.717, 1.165) is 17.5 Å². The van der Waals surface area contributed by atoms with Gasteiger partial charge >= 0.3 is 5.97 Å². The second kappa shape index (κ2) is 6.87. The minimum absolute atomic E-state index is 0.357. The highest BCUT2D eigenvalue weighted by molar-refractivity contribution is 5.99. The summed E-state index contributed by atoms with van der Waals surface area (Å²) in [7, 11) is 1.40. The third-order valence-corrected chi connectivity index (χ3v) is 4.26. The third-order valence-electron chi connectivity index (χ3n) is 4.26. The zero-order chi connectivity index (χ0) is 17.0. The quantitative estimate of drug-likeness (QED) is 0.784. The molecule has 1 aliphatic heterocycles. The Hall–Kier alpha value is -2.62. The molecule has 0 bridgehead atoms. The molecule has 3 rings (SSSR count). The van der Waals surface area contributed by atoms with E-state index < -0.39 is 11.6 Å². The molecule has 124 valence electrons. The van der Waals surface area contributed by atoms with E-state index >= 15 is 0 Å². The first-order chi connectivity index (χ1) is 11.7. The largest absolute Gasteiger partial charge is 0.467 e. The van der Waals surface area contributed by atoms with Crippen molar-refractivity contribution in [3.05, 3.63) is 71.8 Å². The zero-order valence-corrected chi connectivity index (χ0v) is 13.9. The summed E-state index contributed by atoms with van der Waals surface area (Å²) in [5.41, 5.74) is 0.738. The van der Waals surface area contributed by atoms with Crippen molar-refractivity contribution in [3.63, 3.8) is 0 Å². The fraction of sp³-hybridized carbons (Fsp3) is 0.300. The van der Waals surface area contributed by atoms with Crippen molar-refractivity contribution in [2.45, 2.75) is 31.4 Å². The molecular formula is C20H21NO3. The van der Waals surface area contributed by atoms with Gasteiger partial charge in [0.15, 0.2) is 6.10 Å². The molecule has 0 aliphatic carbocycles. The third kappa shape index (κ3) is 2.80. The minimum atomic E-state index is -1.05. The van der Waals surface area contributed by atoms with Crippen LogP contribution in [0.2, 0.25) is 0 Å². The SMILES string of the molecule is CCC[C@]1(C(=O)OC)N=C(c2ccccc2)O[C@H]1c1ccccc1. The number of carbonyl (C=O) groups is 1. The number of nitrogens with zero attached hydrogens (tertiary/aromatic N) is 1. The molecule has 4 heteroatoms. The summed E-state index contributed by atoms with van der Waals surface area (Å²) < 4.78 is 11.3. The van der Waals surface area contributed by atoms with Gasteiger partial charge in [-0.25, -0.2) is 9.79 Å². The van der Waals surface area contributed by atoms with Gasteiger partial charge < -0.3 is 9.47 Å². The molecular weight excluding hydrogens is 302 g/mol. The van der Waals surface area contributed by atoms with Crippen LogP contribution in [0.15, 0.2) is 65.7 Å². The van der Waals surface area contributed by atoms with Crippen LogP contribution in [0.5, 0.6) is 0 Å². The predicted octanol–water partition coefficient (Wildman–Crippen LogP) is 3.92. The van der Waals surface area contributed by atoms with Gasteiger partial charge in [0.05, 0.1) is 7.11 Å². The zero-order valence-electron chi connectivity index (χ0n) is 13.9. The van der Waals surface area contributed by atoms with Crippen molar-refractivity contribution in [1.82, 2.24) is 0 Å². The highest BCUT2D eigenvalue weighted by Crippen LogP contribution is 2.43. The van der Waals surface area contributed by atoms with Gasteiger partial charge in [0.1, 0.15) is 0 Å². The molecule has 0 saturated carbocycles. The van der Waals surface area contributed by atoms with Gasteiger partial charge in [0, 0.05) is 5.56 Å². The van der Waals surface area contributed by atoms with E-state index in [1.165, 1.54) is 7.11 Å². The van der Waals surface area contributed by atoms with E-state index in [9.17, 15) is 4.79 Å². The van der Waals surface area contributed by atoms with E-state index in [1.54, 1.807) is 0 Å². The molecule has 0 aromatic heterocycles. The summed E-state index contributed by atoms with van der Waals surface area (Å²) in [6.45, 7) is 2.03. The van der Waals surface area contributed by atoms with Crippen molar-refractivity contribution in [2.24, 2.45) is 4.99 Å². The van der Waals surface area contributed by atoms with E-state index in [4.69, 9.17) is 14.5 Å². The minimum Gasteiger partial charge on any atom is -0.467 e. The smallest absolute Gasteiger partial charge is 0.338 e. The van der Waals surface area contributed by atoms with Gasteiger partial charge in [-0.05, 0) is 24.1 Å². The summed E-state index contributed by atoms with van der Waals surface area (Å²) in [6.07, 6.45) is 0.879. The van der Waals surface area contributed by atoms with E-state index in [0.29, 0.717) is 12.3 Å². The maximum atomic E-state index is 12.7. The lowest BCUT2D eigenvalue weighted by atomic mass is 9.84. The lowest BCUT2D eigenvalue weighted by Crippen LogP contribution is -2.41. The van der Waals surface area contributed by atoms with Gasteiger partial charge in [0.2, 0.25) is 11.4 Å². The van der Waals surface area contributed by atoms with Crippen LogP contribution in [-0.4, -0.2) is 24.5 Å². The van der Waals surface area contributed by atoms with Crippen molar-refractivity contribution in [1.29, 1.82) is 0 Å². The van der Waals surface area contributed by atoms with Crippen LogP contribution in [0.4, 0.5) is 0 Å². The second-order valence-electron chi connectivity index (χ2n) is 5.86. The van der Waals surface area contributed by atoms with E-state index in [-0.39, 0.29) is 5.97 Å². The normalized spacial score (nSPS) is 22.6. The summed E-state index contributed by atoms with van der Waals surface area (Å²) in [5.74, 6) is 0.132.